The summed E-state index contributed by atoms with van der Waals surface area (Å²) in [7, 11) is -0.423. The topological polar surface area (TPSA) is 65.4 Å². The standard InChI is InChI=1S/C24H27BFN3O3/c1-23(2)24(3,4)32-25(31-23)19-9-5-17(6-10-19)15-22(30)27-21-13-14-29(28-21)16-18-7-11-20(26)12-8-18/h5-14H,15-16H2,1-4H3,(H,27,28,30). The summed E-state index contributed by atoms with van der Waals surface area (Å²) in [6, 6.07) is 15.7. The van der Waals surface area contributed by atoms with Crippen molar-refractivity contribution in [2.24, 2.45) is 0 Å². The molecule has 1 amide bonds. The molecule has 0 saturated carbocycles. The number of nitrogens with zero attached hydrogens (tertiary/aromatic N) is 2. The average Bonchev–Trinajstić information content (AvgIpc) is 3.24. The zero-order chi connectivity index (χ0) is 22.9. The van der Waals surface area contributed by atoms with Gasteiger partial charge in [0.25, 0.3) is 0 Å². The molecule has 1 fully saturated rings. The molecule has 32 heavy (non-hydrogen) atoms. The maximum atomic E-state index is 13.0. The minimum atomic E-state index is -0.423. The van der Waals surface area contributed by atoms with Crippen LogP contribution in [0.4, 0.5) is 10.2 Å². The smallest absolute Gasteiger partial charge is 0.399 e. The van der Waals surface area contributed by atoms with Gasteiger partial charge in [-0.15, -0.1) is 0 Å². The Hall–Kier alpha value is -2.97. The summed E-state index contributed by atoms with van der Waals surface area (Å²) >= 11 is 0. The molecule has 2 heterocycles. The van der Waals surface area contributed by atoms with E-state index in [1.807, 2.05) is 52.0 Å². The van der Waals surface area contributed by atoms with Crippen molar-refractivity contribution < 1.29 is 18.5 Å². The van der Waals surface area contributed by atoms with Crippen LogP contribution >= 0.6 is 0 Å². The molecule has 1 aromatic heterocycles. The predicted molar refractivity (Wildman–Crippen MR) is 122 cm³/mol. The fraction of sp³-hybridized carbons (Fsp3) is 0.333. The lowest BCUT2D eigenvalue weighted by atomic mass is 9.79. The zero-order valence-electron chi connectivity index (χ0n) is 18.8. The van der Waals surface area contributed by atoms with E-state index in [1.165, 1.54) is 12.1 Å². The van der Waals surface area contributed by atoms with Gasteiger partial charge in [0.15, 0.2) is 5.82 Å². The highest BCUT2D eigenvalue weighted by atomic mass is 19.1. The van der Waals surface area contributed by atoms with Crippen molar-refractivity contribution in [3.8, 4) is 0 Å². The van der Waals surface area contributed by atoms with Gasteiger partial charge in [0, 0.05) is 12.3 Å². The Bertz CT molecular complexity index is 1080. The molecule has 4 rings (SSSR count). The normalized spacial score (nSPS) is 16.8. The van der Waals surface area contributed by atoms with Crippen molar-refractivity contribution in [3.63, 3.8) is 0 Å². The fourth-order valence-electron chi connectivity index (χ4n) is 3.44. The Kier molecular flexibility index (Phi) is 5.92. The van der Waals surface area contributed by atoms with Gasteiger partial charge in [-0.1, -0.05) is 36.4 Å². The van der Waals surface area contributed by atoms with Gasteiger partial charge in [0.2, 0.25) is 5.91 Å². The van der Waals surface area contributed by atoms with Crippen molar-refractivity contribution in [1.82, 2.24) is 9.78 Å². The second kappa shape index (κ2) is 8.52. The minimum absolute atomic E-state index is 0.152. The Balaban J connectivity index is 1.32. The molecule has 8 heteroatoms. The van der Waals surface area contributed by atoms with E-state index in [9.17, 15) is 9.18 Å². The molecule has 0 atom stereocenters. The summed E-state index contributed by atoms with van der Waals surface area (Å²) < 4.78 is 26.9. The van der Waals surface area contributed by atoms with Gasteiger partial charge in [0.1, 0.15) is 5.82 Å². The monoisotopic (exact) mass is 435 g/mol. The Morgan fingerprint density at radius 1 is 0.969 bits per heavy atom. The van der Waals surface area contributed by atoms with Gasteiger partial charge in [-0.2, -0.15) is 5.10 Å². The van der Waals surface area contributed by atoms with Crippen LogP contribution in [0.25, 0.3) is 0 Å². The molecule has 6 nitrogen and oxygen atoms in total. The number of halogens is 1. The number of carbonyl (C=O) groups excluding carboxylic acids is 1. The first-order valence-electron chi connectivity index (χ1n) is 10.6. The summed E-state index contributed by atoms with van der Waals surface area (Å²) in [6.07, 6.45) is 2.01. The number of anilines is 1. The summed E-state index contributed by atoms with van der Waals surface area (Å²) in [4.78, 5) is 12.4. The van der Waals surface area contributed by atoms with Crippen LogP contribution in [-0.4, -0.2) is 34.0 Å². The van der Waals surface area contributed by atoms with Crippen molar-refractivity contribution in [2.45, 2.75) is 51.9 Å². The first-order chi connectivity index (χ1) is 15.1. The van der Waals surface area contributed by atoms with Crippen LogP contribution in [0.3, 0.4) is 0 Å². The summed E-state index contributed by atoms with van der Waals surface area (Å²) in [5.74, 6) is 0.0533. The van der Waals surface area contributed by atoms with Crippen LogP contribution in [-0.2, 0) is 27.1 Å². The molecule has 0 spiro atoms. The molecule has 1 aliphatic heterocycles. The highest BCUT2D eigenvalue weighted by molar-refractivity contribution is 6.62. The van der Waals surface area contributed by atoms with Crippen molar-refractivity contribution in [3.05, 3.63) is 77.7 Å². The number of carbonyl (C=O) groups is 1. The molecular weight excluding hydrogens is 408 g/mol. The lowest BCUT2D eigenvalue weighted by Crippen LogP contribution is -2.41. The fourth-order valence-corrected chi connectivity index (χ4v) is 3.44. The second-order valence-electron chi connectivity index (χ2n) is 9.08. The lowest BCUT2D eigenvalue weighted by molar-refractivity contribution is -0.115. The number of hydrogen-bond donors (Lipinski definition) is 1. The largest absolute Gasteiger partial charge is 0.494 e. The van der Waals surface area contributed by atoms with Crippen LogP contribution in [0.15, 0.2) is 60.8 Å². The maximum absolute atomic E-state index is 13.0. The highest BCUT2D eigenvalue weighted by Gasteiger charge is 2.51. The van der Waals surface area contributed by atoms with Crippen LogP contribution in [0.5, 0.6) is 0 Å². The highest BCUT2D eigenvalue weighted by Crippen LogP contribution is 2.36. The first kappa shape index (κ1) is 22.2. The summed E-state index contributed by atoms with van der Waals surface area (Å²) in [5, 5.41) is 7.18. The third kappa shape index (κ3) is 4.92. The van der Waals surface area contributed by atoms with Crippen molar-refractivity contribution in [1.29, 1.82) is 0 Å². The molecule has 166 valence electrons. The predicted octanol–water partition coefficient (Wildman–Crippen LogP) is 3.55. The average molecular weight is 435 g/mol. The van der Waals surface area contributed by atoms with Crippen LogP contribution in [0, 0.1) is 5.82 Å². The number of rotatable bonds is 6. The van der Waals surface area contributed by atoms with E-state index in [1.54, 1.807) is 29.1 Å². The third-order valence-electron chi connectivity index (χ3n) is 6.04. The molecule has 1 saturated heterocycles. The van der Waals surface area contributed by atoms with Crippen molar-refractivity contribution >= 4 is 24.3 Å². The van der Waals surface area contributed by atoms with Crippen molar-refractivity contribution in [2.75, 3.05) is 5.32 Å². The van der Waals surface area contributed by atoms with Gasteiger partial charge in [-0.05, 0) is 56.4 Å². The Morgan fingerprint density at radius 2 is 1.56 bits per heavy atom. The number of aromatic nitrogens is 2. The first-order valence-corrected chi connectivity index (χ1v) is 10.6. The number of benzene rings is 2. The molecule has 1 aliphatic rings. The molecule has 0 unspecified atom stereocenters. The van der Waals surface area contributed by atoms with Crippen LogP contribution < -0.4 is 10.8 Å². The van der Waals surface area contributed by atoms with Crippen LogP contribution in [0.2, 0.25) is 0 Å². The summed E-state index contributed by atoms with van der Waals surface area (Å²) in [5.41, 5.74) is 1.95. The van der Waals surface area contributed by atoms with Crippen LogP contribution in [0.1, 0.15) is 38.8 Å². The van der Waals surface area contributed by atoms with E-state index >= 15 is 0 Å². The van der Waals surface area contributed by atoms with E-state index in [0.717, 1.165) is 16.6 Å². The quantitative estimate of drug-likeness (QED) is 0.602. The molecule has 1 N–H and O–H groups in total. The molecule has 0 bridgehead atoms. The SMILES string of the molecule is CC1(C)OB(c2ccc(CC(=O)Nc3ccn(Cc4ccc(F)cc4)n3)cc2)OC1(C)C. The van der Waals surface area contributed by atoms with E-state index < -0.39 is 18.3 Å². The van der Waals surface area contributed by atoms with Gasteiger partial charge in [0.05, 0.1) is 24.2 Å². The number of hydrogen-bond acceptors (Lipinski definition) is 4. The minimum Gasteiger partial charge on any atom is -0.399 e. The van der Waals surface area contributed by atoms with E-state index in [-0.39, 0.29) is 18.1 Å². The number of nitrogens with one attached hydrogen (secondary N) is 1. The van der Waals surface area contributed by atoms with E-state index in [2.05, 4.69) is 10.4 Å². The maximum Gasteiger partial charge on any atom is 0.494 e. The third-order valence-corrected chi connectivity index (χ3v) is 6.04. The van der Waals surface area contributed by atoms with Gasteiger partial charge in [-0.3, -0.25) is 9.48 Å². The van der Waals surface area contributed by atoms with Gasteiger partial charge in [-0.25, -0.2) is 4.39 Å². The zero-order valence-corrected chi connectivity index (χ0v) is 18.8. The number of amides is 1. The van der Waals surface area contributed by atoms with E-state index in [0.29, 0.717) is 12.4 Å². The molecule has 0 radical (unpaired) electrons. The summed E-state index contributed by atoms with van der Waals surface area (Å²) in [6.45, 7) is 8.58. The second-order valence-corrected chi connectivity index (χ2v) is 9.08. The van der Waals surface area contributed by atoms with Gasteiger partial charge >= 0.3 is 7.12 Å². The van der Waals surface area contributed by atoms with Gasteiger partial charge < -0.3 is 14.6 Å². The molecule has 3 aromatic rings. The molecular formula is C24H27BFN3O3. The lowest BCUT2D eigenvalue weighted by Gasteiger charge is -2.32. The Morgan fingerprint density at radius 3 is 2.19 bits per heavy atom. The molecule has 0 aliphatic carbocycles. The Labute approximate surface area is 187 Å². The molecule has 2 aromatic carbocycles. The van der Waals surface area contributed by atoms with E-state index in [4.69, 9.17) is 9.31 Å².